The molecule has 33 heavy (non-hydrogen) atoms. The molecule has 1 aliphatic rings. The first-order valence-corrected chi connectivity index (χ1v) is 10.6. The summed E-state index contributed by atoms with van der Waals surface area (Å²) in [5, 5.41) is 6.91. The van der Waals surface area contributed by atoms with Crippen LogP contribution in [0.4, 0.5) is 5.82 Å². The van der Waals surface area contributed by atoms with Crippen LogP contribution in [-0.2, 0) is 11.8 Å². The molecular weight excluding hydrogens is 422 g/mol. The second-order valence-electron chi connectivity index (χ2n) is 7.93. The summed E-state index contributed by atoms with van der Waals surface area (Å²) in [6, 6.07) is 11.4. The number of aryl methyl sites for hydroxylation is 1. The van der Waals surface area contributed by atoms with Crippen LogP contribution in [0.3, 0.4) is 0 Å². The molecule has 0 aliphatic carbocycles. The Hall–Kier alpha value is -4.05. The number of aromatic nitrogens is 5. The van der Waals surface area contributed by atoms with Crippen LogP contribution in [-0.4, -0.2) is 67.2 Å². The molecule has 1 atom stereocenters. The highest BCUT2D eigenvalue weighted by atomic mass is 16.5. The number of rotatable bonds is 5. The number of nitrogens with one attached hydrogen (secondary N) is 1. The van der Waals surface area contributed by atoms with Gasteiger partial charge in [0.2, 0.25) is 5.78 Å². The number of amides is 2. The number of anilines is 1. The molecule has 2 amide bonds. The first-order valence-electron chi connectivity index (χ1n) is 10.6. The number of benzene rings is 1. The molecule has 0 radical (unpaired) electrons. The number of ether oxygens (including phenoxy) is 1. The molecule has 5 rings (SSSR count). The molecule has 1 fully saturated rings. The van der Waals surface area contributed by atoms with E-state index in [9.17, 15) is 9.59 Å². The zero-order valence-electron chi connectivity index (χ0n) is 18.3. The highest BCUT2D eigenvalue weighted by Crippen LogP contribution is 2.20. The van der Waals surface area contributed by atoms with Crippen LogP contribution >= 0.6 is 0 Å². The van der Waals surface area contributed by atoms with E-state index in [2.05, 4.69) is 20.4 Å². The molecule has 10 nitrogen and oxygen atoms in total. The van der Waals surface area contributed by atoms with E-state index < -0.39 is 5.91 Å². The Balaban J connectivity index is 1.38. The second-order valence-corrected chi connectivity index (χ2v) is 7.93. The number of imidazole rings is 1. The van der Waals surface area contributed by atoms with Gasteiger partial charge in [-0.25, -0.2) is 4.98 Å². The third-order valence-electron chi connectivity index (χ3n) is 5.80. The van der Waals surface area contributed by atoms with Gasteiger partial charge in [0.1, 0.15) is 11.5 Å². The van der Waals surface area contributed by atoms with Crippen LogP contribution < -0.4 is 5.32 Å². The fraction of sp³-hybridized carbons (Fsp3) is 0.261. The quantitative estimate of drug-likeness (QED) is 0.505. The molecule has 1 aliphatic heterocycles. The molecular formula is C23H23N7O3. The van der Waals surface area contributed by atoms with Gasteiger partial charge in [-0.15, -0.1) is 0 Å². The second kappa shape index (κ2) is 8.47. The minimum absolute atomic E-state index is 0.0167. The maximum atomic E-state index is 13.1. The van der Waals surface area contributed by atoms with Crippen molar-refractivity contribution >= 4 is 23.4 Å². The van der Waals surface area contributed by atoms with Gasteiger partial charge in [0.05, 0.1) is 30.1 Å². The normalized spacial score (nSPS) is 15.6. The van der Waals surface area contributed by atoms with Crippen molar-refractivity contribution in [3.8, 4) is 11.3 Å². The summed E-state index contributed by atoms with van der Waals surface area (Å²) in [6.45, 7) is 1.11. The lowest BCUT2D eigenvalue weighted by Gasteiger charge is -2.23. The van der Waals surface area contributed by atoms with Gasteiger partial charge < -0.3 is 15.0 Å². The van der Waals surface area contributed by atoms with Crippen LogP contribution in [0.25, 0.3) is 17.0 Å². The third-order valence-corrected chi connectivity index (χ3v) is 5.80. The Bertz CT molecular complexity index is 1320. The molecule has 1 saturated heterocycles. The number of hydrogen-bond donors (Lipinski definition) is 1. The molecule has 1 aromatic carbocycles. The summed E-state index contributed by atoms with van der Waals surface area (Å²) in [4.78, 5) is 36.8. The smallest absolute Gasteiger partial charge is 0.275 e. The highest BCUT2D eigenvalue weighted by molar-refractivity contribution is 6.10. The van der Waals surface area contributed by atoms with Gasteiger partial charge in [0.15, 0.2) is 0 Å². The van der Waals surface area contributed by atoms with E-state index in [-0.39, 0.29) is 23.2 Å². The highest BCUT2D eigenvalue weighted by Gasteiger charge is 2.30. The topological polar surface area (TPSA) is 107 Å². The molecule has 3 aromatic heterocycles. The number of likely N-dealkylation sites (N-methyl/N-ethyl adjacent to an activating group) is 1. The van der Waals surface area contributed by atoms with E-state index in [0.717, 1.165) is 17.7 Å². The van der Waals surface area contributed by atoms with Crippen molar-refractivity contribution in [2.75, 3.05) is 25.6 Å². The van der Waals surface area contributed by atoms with Crippen molar-refractivity contribution in [3.05, 3.63) is 66.2 Å². The summed E-state index contributed by atoms with van der Waals surface area (Å²) in [5.74, 6) is 0.0396. The van der Waals surface area contributed by atoms with Gasteiger partial charge in [-0.1, -0.05) is 30.3 Å². The summed E-state index contributed by atoms with van der Waals surface area (Å²) < 4.78 is 8.56. The van der Waals surface area contributed by atoms with E-state index in [4.69, 9.17) is 4.74 Å². The predicted molar refractivity (Wildman–Crippen MR) is 121 cm³/mol. The van der Waals surface area contributed by atoms with E-state index in [1.165, 1.54) is 10.9 Å². The Labute approximate surface area is 189 Å². The molecule has 0 saturated carbocycles. The predicted octanol–water partition coefficient (Wildman–Crippen LogP) is 2.24. The van der Waals surface area contributed by atoms with Gasteiger partial charge >= 0.3 is 0 Å². The molecule has 1 unspecified atom stereocenters. The monoisotopic (exact) mass is 445 g/mol. The minimum Gasteiger partial charge on any atom is -0.379 e. The van der Waals surface area contributed by atoms with E-state index in [1.807, 2.05) is 36.5 Å². The van der Waals surface area contributed by atoms with Crippen molar-refractivity contribution in [2.24, 2.45) is 7.05 Å². The maximum absolute atomic E-state index is 13.1. The van der Waals surface area contributed by atoms with E-state index >= 15 is 0 Å². The van der Waals surface area contributed by atoms with Crippen molar-refractivity contribution in [1.29, 1.82) is 0 Å². The average Bonchev–Trinajstić information content (AvgIpc) is 3.58. The maximum Gasteiger partial charge on any atom is 0.275 e. The van der Waals surface area contributed by atoms with Crippen LogP contribution in [0.2, 0.25) is 0 Å². The van der Waals surface area contributed by atoms with Gasteiger partial charge in [-0.2, -0.15) is 10.1 Å². The number of nitrogens with zero attached hydrogens (tertiary/aromatic N) is 6. The first kappa shape index (κ1) is 20.8. The summed E-state index contributed by atoms with van der Waals surface area (Å²) in [6.07, 6.45) is 5.84. The lowest BCUT2D eigenvalue weighted by Crippen LogP contribution is -2.38. The van der Waals surface area contributed by atoms with Gasteiger partial charge in [0, 0.05) is 38.7 Å². The van der Waals surface area contributed by atoms with Crippen molar-refractivity contribution in [3.63, 3.8) is 0 Å². The minimum atomic E-state index is -0.471. The van der Waals surface area contributed by atoms with E-state index in [0.29, 0.717) is 24.8 Å². The molecule has 1 N–H and O–H groups in total. The molecule has 10 heteroatoms. The van der Waals surface area contributed by atoms with Crippen LogP contribution in [0, 0.1) is 0 Å². The Morgan fingerprint density at radius 1 is 1.18 bits per heavy atom. The standard InChI is InChI=1S/C23H23N7O3/c1-28(16-9-11-33-14-16)22(32)17-12-24-29(2)20(17)21(31)26-19-8-10-30-13-18(25-23(30)27-19)15-6-4-3-5-7-15/h3-8,10,12-13,16H,9,11,14H2,1-2H3,(H,25,26,27,31). The van der Waals surface area contributed by atoms with Crippen LogP contribution in [0.15, 0.2) is 55.0 Å². The molecule has 0 bridgehead atoms. The fourth-order valence-corrected chi connectivity index (χ4v) is 3.91. The van der Waals surface area contributed by atoms with Crippen LogP contribution in [0.5, 0.6) is 0 Å². The SMILES string of the molecule is CN(C(=O)c1cnn(C)c1C(=O)Nc1ccn2cc(-c3ccccc3)nc2n1)C1CCOC1. The Morgan fingerprint density at radius 2 is 2.00 bits per heavy atom. The lowest BCUT2D eigenvalue weighted by atomic mass is 10.1. The van der Waals surface area contributed by atoms with Crippen molar-refractivity contribution in [1.82, 2.24) is 29.0 Å². The Kier molecular flexibility index (Phi) is 5.35. The zero-order chi connectivity index (χ0) is 22.9. The third kappa shape index (κ3) is 3.96. The Morgan fingerprint density at radius 3 is 2.76 bits per heavy atom. The summed E-state index contributed by atoms with van der Waals surface area (Å²) in [5.41, 5.74) is 2.16. The lowest BCUT2D eigenvalue weighted by molar-refractivity contribution is 0.0707. The fourth-order valence-electron chi connectivity index (χ4n) is 3.91. The van der Waals surface area contributed by atoms with E-state index in [1.54, 1.807) is 35.7 Å². The number of carbonyl (C=O) groups is 2. The van der Waals surface area contributed by atoms with Gasteiger partial charge in [-0.3, -0.25) is 18.7 Å². The summed E-state index contributed by atoms with van der Waals surface area (Å²) >= 11 is 0. The van der Waals surface area contributed by atoms with Gasteiger partial charge in [-0.05, 0) is 12.5 Å². The largest absolute Gasteiger partial charge is 0.379 e. The van der Waals surface area contributed by atoms with Gasteiger partial charge in [0.25, 0.3) is 11.8 Å². The van der Waals surface area contributed by atoms with Crippen LogP contribution in [0.1, 0.15) is 27.3 Å². The number of hydrogen-bond acceptors (Lipinski definition) is 6. The van der Waals surface area contributed by atoms with Crippen molar-refractivity contribution in [2.45, 2.75) is 12.5 Å². The first-order chi connectivity index (χ1) is 16.0. The average molecular weight is 445 g/mol. The van der Waals surface area contributed by atoms with Crippen molar-refractivity contribution < 1.29 is 14.3 Å². The molecule has 4 heterocycles. The molecule has 4 aromatic rings. The molecule has 0 spiro atoms. The molecule has 168 valence electrons. The number of fused-ring (bicyclic) bond motifs is 1. The zero-order valence-corrected chi connectivity index (χ0v) is 18.3. The number of carbonyl (C=O) groups excluding carboxylic acids is 2. The summed E-state index contributed by atoms with van der Waals surface area (Å²) in [7, 11) is 3.34.